The Kier molecular flexibility index (Phi) is 5.67. The molecule has 1 aliphatic rings. The lowest BCUT2D eigenvalue weighted by Crippen LogP contribution is -2.50. The van der Waals surface area contributed by atoms with Crippen molar-refractivity contribution in [2.24, 2.45) is 0 Å². The number of urea groups is 1. The first kappa shape index (κ1) is 17.0. The summed E-state index contributed by atoms with van der Waals surface area (Å²) in [5.41, 5.74) is 1.73. The predicted octanol–water partition coefficient (Wildman–Crippen LogP) is 3.04. The summed E-state index contributed by atoms with van der Waals surface area (Å²) in [6.07, 6.45) is 2.54. The van der Waals surface area contributed by atoms with Crippen LogP contribution in [-0.2, 0) is 11.2 Å². The van der Waals surface area contributed by atoms with Gasteiger partial charge in [-0.05, 0) is 30.5 Å². The molecule has 25 heavy (non-hydrogen) atoms. The summed E-state index contributed by atoms with van der Waals surface area (Å²) in [6, 6.07) is 18.1. The minimum Gasteiger partial charge on any atom is -0.341 e. The Hall–Kier alpha value is -2.82. The monoisotopic (exact) mass is 337 g/mol. The van der Waals surface area contributed by atoms with Gasteiger partial charge in [0.15, 0.2) is 0 Å². The molecule has 0 unspecified atom stereocenters. The highest BCUT2D eigenvalue weighted by Crippen LogP contribution is 2.13. The third kappa shape index (κ3) is 4.83. The molecule has 3 amide bonds. The number of carbonyl (C=O) groups is 2. The molecule has 1 saturated heterocycles. The molecular formula is C20H23N3O2. The molecule has 1 aliphatic heterocycles. The number of hydrogen-bond donors (Lipinski definition) is 2. The maximum atomic E-state index is 12.8. The van der Waals surface area contributed by atoms with Gasteiger partial charge in [0, 0.05) is 25.2 Å². The van der Waals surface area contributed by atoms with Crippen molar-refractivity contribution < 1.29 is 9.59 Å². The number of carbonyl (C=O) groups excluding carboxylic acids is 2. The van der Waals surface area contributed by atoms with Gasteiger partial charge in [0.2, 0.25) is 5.91 Å². The molecule has 5 nitrogen and oxygen atoms in total. The van der Waals surface area contributed by atoms with E-state index in [9.17, 15) is 9.59 Å². The molecule has 2 N–H and O–H groups in total. The standard InChI is InChI=1S/C20H23N3O2/c24-19(23-13-7-8-14-23)18(15-16-9-3-1-4-10-16)22-20(25)21-17-11-5-2-6-12-17/h1-6,9-12,18H,7-8,13-15H2,(H2,21,22,25)/t18-/m0/s1. The Bertz CT molecular complexity index is 697. The lowest BCUT2D eigenvalue weighted by atomic mass is 10.0. The Morgan fingerprint density at radius 2 is 1.52 bits per heavy atom. The SMILES string of the molecule is O=C(Nc1ccccc1)N[C@@H](Cc1ccccc1)C(=O)N1CCCC1. The van der Waals surface area contributed by atoms with Crippen LogP contribution in [0.3, 0.4) is 0 Å². The summed E-state index contributed by atoms with van der Waals surface area (Å²) in [7, 11) is 0. The van der Waals surface area contributed by atoms with Gasteiger partial charge in [0.1, 0.15) is 6.04 Å². The summed E-state index contributed by atoms with van der Waals surface area (Å²) >= 11 is 0. The average molecular weight is 337 g/mol. The topological polar surface area (TPSA) is 61.4 Å². The highest BCUT2D eigenvalue weighted by atomic mass is 16.2. The number of amides is 3. The molecule has 5 heteroatoms. The van der Waals surface area contributed by atoms with Crippen molar-refractivity contribution in [1.82, 2.24) is 10.2 Å². The summed E-state index contributed by atoms with van der Waals surface area (Å²) in [4.78, 5) is 27.0. The minimum atomic E-state index is -0.566. The molecule has 3 rings (SSSR count). The van der Waals surface area contributed by atoms with Gasteiger partial charge in [-0.25, -0.2) is 4.79 Å². The highest BCUT2D eigenvalue weighted by molar-refractivity contribution is 5.93. The van der Waals surface area contributed by atoms with Crippen LogP contribution in [-0.4, -0.2) is 36.0 Å². The zero-order chi connectivity index (χ0) is 17.5. The first-order valence-electron chi connectivity index (χ1n) is 8.67. The van der Waals surface area contributed by atoms with E-state index in [0.717, 1.165) is 31.5 Å². The second kappa shape index (κ2) is 8.33. The summed E-state index contributed by atoms with van der Waals surface area (Å²) in [6.45, 7) is 1.54. The van der Waals surface area contributed by atoms with E-state index in [2.05, 4.69) is 10.6 Å². The van der Waals surface area contributed by atoms with Crippen LogP contribution in [0.1, 0.15) is 18.4 Å². The summed E-state index contributed by atoms with van der Waals surface area (Å²) < 4.78 is 0. The van der Waals surface area contributed by atoms with Gasteiger partial charge in [-0.1, -0.05) is 48.5 Å². The molecule has 0 radical (unpaired) electrons. The van der Waals surface area contributed by atoms with Gasteiger partial charge >= 0.3 is 6.03 Å². The van der Waals surface area contributed by atoms with Gasteiger partial charge in [-0.3, -0.25) is 4.79 Å². The van der Waals surface area contributed by atoms with E-state index in [1.165, 1.54) is 0 Å². The second-order valence-electron chi connectivity index (χ2n) is 6.24. The number of para-hydroxylation sites is 1. The summed E-state index contributed by atoms with van der Waals surface area (Å²) in [5.74, 6) is -0.00966. The first-order chi connectivity index (χ1) is 12.2. The average Bonchev–Trinajstić information content (AvgIpc) is 3.17. The van der Waals surface area contributed by atoms with Crippen LogP contribution in [0, 0.1) is 0 Å². The maximum Gasteiger partial charge on any atom is 0.319 e. The van der Waals surface area contributed by atoms with Crippen LogP contribution in [0.4, 0.5) is 10.5 Å². The van der Waals surface area contributed by atoms with E-state index in [4.69, 9.17) is 0 Å². The van der Waals surface area contributed by atoms with Crippen molar-refractivity contribution in [2.75, 3.05) is 18.4 Å². The van der Waals surface area contributed by atoms with Crippen LogP contribution < -0.4 is 10.6 Å². The van der Waals surface area contributed by atoms with Gasteiger partial charge in [-0.2, -0.15) is 0 Å². The van der Waals surface area contributed by atoms with Crippen molar-refractivity contribution in [1.29, 1.82) is 0 Å². The Balaban J connectivity index is 1.68. The Labute approximate surface area is 148 Å². The molecule has 130 valence electrons. The molecule has 1 fully saturated rings. The Morgan fingerprint density at radius 1 is 0.920 bits per heavy atom. The zero-order valence-electron chi connectivity index (χ0n) is 14.2. The quantitative estimate of drug-likeness (QED) is 0.881. The largest absolute Gasteiger partial charge is 0.341 e. The fourth-order valence-corrected chi connectivity index (χ4v) is 3.05. The molecule has 0 bridgehead atoms. The van der Waals surface area contributed by atoms with Crippen LogP contribution in [0.5, 0.6) is 0 Å². The molecular weight excluding hydrogens is 314 g/mol. The third-order valence-electron chi connectivity index (χ3n) is 4.34. The van der Waals surface area contributed by atoms with Crippen LogP contribution in [0.15, 0.2) is 60.7 Å². The molecule has 1 atom stereocenters. The molecule has 0 aromatic heterocycles. The summed E-state index contributed by atoms with van der Waals surface area (Å²) in [5, 5.41) is 5.63. The third-order valence-corrected chi connectivity index (χ3v) is 4.34. The van der Waals surface area contributed by atoms with E-state index in [1.807, 2.05) is 65.6 Å². The smallest absolute Gasteiger partial charge is 0.319 e. The molecule has 0 aliphatic carbocycles. The van der Waals surface area contributed by atoms with E-state index >= 15 is 0 Å². The number of benzene rings is 2. The number of nitrogens with zero attached hydrogens (tertiary/aromatic N) is 1. The molecule has 0 saturated carbocycles. The number of rotatable bonds is 5. The van der Waals surface area contributed by atoms with Crippen molar-refractivity contribution >= 4 is 17.6 Å². The lowest BCUT2D eigenvalue weighted by Gasteiger charge is -2.24. The number of hydrogen-bond acceptors (Lipinski definition) is 2. The molecule has 1 heterocycles. The number of nitrogens with one attached hydrogen (secondary N) is 2. The van der Waals surface area contributed by atoms with Crippen LogP contribution in [0.25, 0.3) is 0 Å². The van der Waals surface area contributed by atoms with Crippen molar-refractivity contribution in [3.8, 4) is 0 Å². The van der Waals surface area contributed by atoms with Crippen LogP contribution in [0.2, 0.25) is 0 Å². The van der Waals surface area contributed by atoms with Gasteiger partial charge in [0.25, 0.3) is 0 Å². The Morgan fingerprint density at radius 3 is 2.16 bits per heavy atom. The van der Waals surface area contributed by atoms with Gasteiger partial charge < -0.3 is 15.5 Å². The van der Waals surface area contributed by atoms with Crippen molar-refractivity contribution in [3.63, 3.8) is 0 Å². The number of anilines is 1. The predicted molar refractivity (Wildman–Crippen MR) is 98.3 cm³/mol. The van der Waals surface area contributed by atoms with E-state index in [0.29, 0.717) is 12.1 Å². The molecule has 0 spiro atoms. The fourth-order valence-electron chi connectivity index (χ4n) is 3.05. The molecule has 2 aromatic rings. The second-order valence-corrected chi connectivity index (χ2v) is 6.24. The van der Waals surface area contributed by atoms with Crippen LogP contribution >= 0.6 is 0 Å². The van der Waals surface area contributed by atoms with E-state index < -0.39 is 6.04 Å². The van der Waals surface area contributed by atoms with Gasteiger partial charge in [-0.15, -0.1) is 0 Å². The number of likely N-dealkylation sites (tertiary alicyclic amines) is 1. The van der Waals surface area contributed by atoms with Crippen molar-refractivity contribution in [2.45, 2.75) is 25.3 Å². The normalized spacial score (nSPS) is 14.8. The maximum absolute atomic E-state index is 12.8. The van der Waals surface area contributed by atoms with Gasteiger partial charge in [0.05, 0.1) is 0 Å². The fraction of sp³-hybridized carbons (Fsp3) is 0.300. The first-order valence-corrected chi connectivity index (χ1v) is 8.67. The highest BCUT2D eigenvalue weighted by Gasteiger charge is 2.28. The van der Waals surface area contributed by atoms with E-state index in [1.54, 1.807) is 0 Å². The van der Waals surface area contributed by atoms with Crippen molar-refractivity contribution in [3.05, 3.63) is 66.2 Å². The van der Waals surface area contributed by atoms with E-state index in [-0.39, 0.29) is 11.9 Å². The minimum absolute atomic E-state index is 0.00966. The lowest BCUT2D eigenvalue weighted by molar-refractivity contribution is -0.132. The molecule has 2 aromatic carbocycles. The zero-order valence-corrected chi connectivity index (χ0v) is 14.2.